The van der Waals surface area contributed by atoms with Crippen LogP contribution in [0.5, 0.6) is 5.75 Å². The maximum Gasteiger partial charge on any atom is 0.265 e. The van der Waals surface area contributed by atoms with Gasteiger partial charge >= 0.3 is 0 Å². The largest absolute Gasteiger partial charge is 0.481 e. The summed E-state index contributed by atoms with van der Waals surface area (Å²) in [7, 11) is 0. The third-order valence-corrected chi connectivity index (χ3v) is 4.67. The number of carbonyl (C=O) groups excluding carboxylic acids is 2. The summed E-state index contributed by atoms with van der Waals surface area (Å²) in [4.78, 5) is 25.0. The lowest BCUT2D eigenvalue weighted by molar-refractivity contribution is -0.122. The Labute approximate surface area is 177 Å². The Bertz CT molecular complexity index is 985. The fourth-order valence-corrected chi connectivity index (χ4v) is 3.10. The predicted molar refractivity (Wildman–Crippen MR) is 120 cm³/mol. The van der Waals surface area contributed by atoms with Gasteiger partial charge in [-0.2, -0.15) is 0 Å². The average Bonchev–Trinajstić information content (AvgIpc) is 2.79. The second-order valence-corrected chi connectivity index (χ2v) is 6.80. The van der Waals surface area contributed by atoms with Crippen molar-refractivity contribution < 1.29 is 14.3 Å². The molecule has 154 valence electrons. The molecule has 0 spiro atoms. The minimum absolute atomic E-state index is 0.223. The maximum atomic E-state index is 12.8. The number of hydrogen-bond acceptors (Lipinski definition) is 3. The van der Waals surface area contributed by atoms with Crippen LogP contribution in [0.15, 0.2) is 78.9 Å². The molecule has 3 aromatic carbocycles. The number of para-hydroxylation sites is 1. The minimum Gasteiger partial charge on any atom is -0.481 e. The van der Waals surface area contributed by atoms with E-state index in [9.17, 15) is 9.59 Å². The smallest absolute Gasteiger partial charge is 0.265 e. The van der Waals surface area contributed by atoms with Crippen LogP contribution < -0.4 is 15.4 Å². The van der Waals surface area contributed by atoms with Crippen molar-refractivity contribution in [1.82, 2.24) is 5.32 Å². The standard InChI is InChI=1S/C25H26N2O3/c1-3-23(25(29)27-22-13-9-8-12-21(22)24(28)26-4-2)30-20-16-14-19(15-17-20)18-10-6-5-7-11-18/h5-17,23H,3-4H2,1-2H3,(H,26,28)(H,27,29). The molecule has 0 saturated carbocycles. The molecule has 0 aliphatic carbocycles. The lowest BCUT2D eigenvalue weighted by Crippen LogP contribution is -2.33. The van der Waals surface area contributed by atoms with Crippen LogP contribution in [-0.4, -0.2) is 24.5 Å². The molecule has 3 aromatic rings. The molecule has 1 unspecified atom stereocenters. The molecule has 0 bridgehead atoms. The van der Waals surface area contributed by atoms with Crippen molar-refractivity contribution in [3.05, 3.63) is 84.4 Å². The first-order valence-corrected chi connectivity index (χ1v) is 10.1. The first-order chi connectivity index (χ1) is 14.6. The van der Waals surface area contributed by atoms with Crippen LogP contribution in [-0.2, 0) is 4.79 Å². The van der Waals surface area contributed by atoms with Gasteiger partial charge in [-0.15, -0.1) is 0 Å². The highest BCUT2D eigenvalue weighted by molar-refractivity contribution is 6.04. The number of ether oxygens (including phenoxy) is 1. The van der Waals surface area contributed by atoms with Crippen molar-refractivity contribution in [3.63, 3.8) is 0 Å². The Kier molecular flexibility index (Phi) is 7.22. The summed E-state index contributed by atoms with van der Waals surface area (Å²) in [5.41, 5.74) is 3.09. The van der Waals surface area contributed by atoms with Crippen molar-refractivity contribution in [2.24, 2.45) is 0 Å². The molecule has 0 heterocycles. The van der Waals surface area contributed by atoms with Gasteiger partial charge in [-0.25, -0.2) is 0 Å². The fourth-order valence-electron chi connectivity index (χ4n) is 3.10. The van der Waals surface area contributed by atoms with E-state index in [2.05, 4.69) is 10.6 Å². The second kappa shape index (κ2) is 10.3. The van der Waals surface area contributed by atoms with E-state index >= 15 is 0 Å². The van der Waals surface area contributed by atoms with E-state index in [1.807, 2.05) is 68.4 Å². The van der Waals surface area contributed by atoms with Gasteiger partial charge in [-0.05, 0) is 48.7 Å². The normalized spacial score (nSPS) is 11.4. The Morgan fingerprint density at radius 1 is 0.833 bits per heavy atom. The van der Waals surface area contributed by atoms with Crippen LogP contribution in [0.1, 0.15) is 30.6 Å². The third kappa shape index (κ3) is 5.26. The molecule has 0 radical (unpaired) electrons. The van der Waals surface area contributed by atoms with Crippen LogP contribution in [0.3, 0.4) is 0 Å². The highest BCUT2D eigenvalue weighted by Crippen LogP contribution is 2.23. The Balaban J connectivity index is 1.69. The Hall–Kier alpha value is -3.60. The van der Waals surface area contributed by atoms with Crippen molar-refractivity contribution in [3.8, 4) is 16.9 Å². The van der Waals surface area contributed by atoms with Crippen LogP contribution in [0.2, 0.25) is 0 Å². The summed E-state index contributed by atoms with van der Waals surface area (Å²) in [6, 6.07) is 24.7. The summed E-state index contributed by atoms with van der Waals surface area (Å²) >= 11 is 0. The molecular formula is C25H26N2O3. The van der Waals surface area contributed by atoms with Crippen molar-refractivity contribution in [2.75, 3.05) is 11.9 Å². The monoisotopic (exact) mass is 402 g/mol. The average molecular weight is 402 g/mol. The van der Waals surface area contributed by atoms with Crippen LogP contribution >= 0.6 is 0 Å². The minimum atomic E-state index is -0.671. The number of carbonyl (C=O) groups is 2. The van der Waals surface area contributed by atoms with Crippen LogP contribution in [0, 0.1) is 0 Å². The molecule has 0 fully saturated rings. The second-order valence-electron chi connectivity index (χ2n) is 6.80. The van der Waals surface area contributed by atoms with Gasteiger partial charge in [0.1, 0.15) is 5.75 Å². The van der Waals surface area contributed by atoms with Gasteiger partial charge in [-0.1, -0.05) is 61.5 Å². The third-order valence-electron chi connectivity index (χ3n) is 4.67. The topological polar surface area (TPSA) is 67.4 Å². The van der Waals surface area contributed by atoms with Gasteiger partial charge in [0.15, 0.2) is 6.10 Å². The zero-order chi connectivity index (χ0) is 21.3. The van der Waals surface area contributed by atoms with E-state index < -0.39 is 6.10 Å². The molecule has 30 heavy (non-hydrogen) atoms. The van der Waals surface area contributed by atoms with Crippen molar-refractivity contribution >= 4 is 17.5 Å². The van der Waals surface area contributed by atoms with E-state index in [-0.39, 0.29) is 11.8 Å². The fraction of sp³-hybridized carbons (Fsp3) is 0.200. The Morgan fingerprint density at radius 2 is 1.47 bits per heavy atom. The Morgan fingerprint density at radius 3 is 2.13 bits per heavy atom. The van der Waals surface area contributed by atoms with Gasteiger partial charge < -0.3 is 15.4 Å². The molecule has 0 aliphatic rings. The lowest BCUT2D eigenvalue weighted by Gasteiger charge is -2.18. The number of benzene rings is 3. The van der Waals surface area contributed by atoms with Gasteiger partial charge in [0.25, 0.3) is 11.8 Å². The van der Waals surface area contributed by atoms with Crippen LogP contribution in [0.4, 0.5) is 5.69 Å². The molecule has 3 rings (SSSR count). The summed E-state index contributed by atoms with van der Waals surface area (Å²) < 4.78 is 5.92. The van der Waals surface area contributed by atoms with E-state index in [1.54, 1.807) is 24.3 Å². The first-order valence-electron chi connectivity index (χ1n) is 10.1. The van der Waals surface area contributed by atoms with Gasteiger partial charge in [0, 0.05) is 6.54 Å². The van der Waals surface area contributed by atoms with Crippen molar-refractivity contribution in [1.29, 1.82) is 0 Å². The van der Waals surface area contributed by atoms with E-state index in [0.717, 1.165) is 11.1 Å². The van der Waals surface area contributed by atoms with Gasteiger partial charge in [0.05, 0.1) is 11.3 Å². The quantitative estimate of drug-likeness (QED) is 0.563. The molecule has 2 amide bonds. The van der Waals surface area contributed by atoms with E-state index in [4.69, 9.17) is 4.74 Å². The summed E-state index contributed by atoms with van der Waals surface area (Å²) in [6.45, 7) is 4.25. The molecule has 2 N–H and O–H groups in total. The summed E-state index contributed by atoms with van der Waals surface area (Å²) in [5, 5.41) is 5.59. The molecule has 0 aliphatic heterocycles. The van der Waals surface area contributed by atoms with E-state index in [1.165, 1.54) is 0 Å². The highest BCUT2D eigenvalue weighted by atomic mass is 16.5. The molecule has 5 heteroatoms. The number of nitrogens with one attached hydrogen (secondary N) is 2. The number of hydrogen-bond donors (Lipinski definition) is 2. The number of anilines is 1. The summed E-state index contributed by atoms with van der Waals surface area (Å²) in [6.07, 6.45) is -0.176. The maximum absolute atomic E-state index is 12.8. The van der Waals surface area contributed by atoms with Gasteiger partial charge in [-0.3, -0.25) is 9.59 Å². The summed E-state index contributed by atoms with van der Waals surface area (Å²) in [5.74, 6) is 0.106. The zero-order valence-corrected chi connectivity index (χ0v) is 17.2. The predicted octanol–water partition coefficient (Wildman–Crippen LogP) is 4.90. The van der Waals surface area contributed by atoms with Crippen LogP contribution in [0.25, 0.3) is 11.1 Å². The molecular weight excluding hydrogens is 376 g/mol. The molecule has 0 aromatic heterocycles. The highest BCUT2D eigenvalue weighted by Gasteiger charge is 2.21. The molecule has 1 atom stereocenters. The van der Waals surface area contributed by atoms with Gasteiger partial charge in [0.2, 0.25) is 0 Å². The number of amides is 2. The number of rotatable bonds is 8. The SMILES string of the molecule is CCNC(=O)c1ccccc1NC(=O)C(CC)Oc1ccc(-c2ccccc2)cc1. The first kappa shape index (κ1) is 21.1. The van der Waals surface area contributed by atoms with Crippen molar-refractivity contribution in [2.45, 2.75) is 26.4 Å². The lowest BCUT2D eigenvalue weighted by atomic mass is 10.1. The molecule has 0 saturated heterocycles. The zero-order valence-electron chi connectivity index (χ0n) is 17.2. The van der Waals surface area contributed by atoms with E-state index in [0.29, 0.717) is 30.0 Å². The molecule has 5 nitrogen and oxygen atoms in total.